The first-order chi connectivity index (χ1) is 7.74. The summed E-state index contributed by atoms with van der Waals surface area (Å²) in [5.74, 6) is 6.09. The Morgan fingerprint density at radius 2 is 2.31 bits per heavy atom. The monoisotopic (exact) mass is 299 g/mol. The number of anilines is 1. The van der Waals surface area contributed by atoms with E-state index in [-0.39, 0.29) is 0 Å². The number of hydrogen-bond acceptors (Lipinski definition) is 5. The highest BCUT2D eigenvalue weighted by molar-refractivity contribution is 9.10. The summed E-state index contributed by atoms with van der Waals surface area (Å²) in [5, 5.41) is 2.61. The Labute approximate surface area is 106 Å². The average molecular weight is 300 g/mol. The van der Waals surface area contributed by atoms with Crippen molar-refractivity contribution in [3.63, 3.8) is 0 Å². The second-order valence-electron chi connectivity index (χ2n) is 3.03. The number of thiazole rings is 1. The Bertz CT molecular complexity index is 501. The van der Waals surface area contributed by atoms with Crippen molar-refractivity contribution in [3.8, 4) is 17.0 Å². The largest absolute Gasteiger partial charge is 0.496 e. The predicted octanol–water partition coefficient (Wildman–Crippen LogP) is 2.87. The second-order valence-corrected chi connectivity index (χ2v) is 4.80. The van der Waals surface area contributed by atoms with Gasteiger partial charge in [0.1, 0.15) is 5.75 Å². The van der Waals surface area contributed by atoms with E-state index in [0.717, 1.165) is 21.5 Å². The van der Waals surface area contributed by atoms with E-state index in [0.29, 0.717) is 5.13 Å². The summed E-state index contributed by atoms with van der Waals surface area (Å²) in [6.07, 6.45) is 0. The Hall–Kier alpha value is -1.11. The molecule has 0 unspecified atom stereocenters. The molecule has 0 fully saturated rings. The highest BCUT2D eigenvalue weighted by Gasteiger charge is 2.10. The van der Waals surface area contributed by atoms with Gasteiger partial charge in [-0.25, -0.2) is 10.8 Å². The van der Waals surface area contributed by atoms with E-state index >= 15 is 0 Å². The van der Waals surface area contributed by atoms with Gasteiger partial charge in [-0.3, -0.25) is 5.43 Å². The van der Waals surface area contributed by atoms with Crippen LogP contribution in [0.4, 0.5) is 5.13 Å². The lowest BCUT2D eigenvalue weighted by Crippen LogP contribution is -2.05. The van der Waals surface area contributed by atoms with Crippen LogP contribution in [0, 0.1) is 0 Å². The van der Waals surface area contributed by atoms with E-state index in [1.807, 2.05) is 23.6 Å². The summed E-state index contributed by atoms with van der Waals surface area (Å²) >= 11 is 4.88. The molecule has 0 saturated carbocycles. The van der Waals surface area contributed by atoms with Gasteiger partial charge >= 0.3 is 0 Å². The topological polar surface area (TPSA) is 60.2 Å². The van der Waals surface area contributed by atoms with Crippen LogP contribution < -0.4 is 16.0 Å². The van der Waals surface area contributed by atoms with Crippen LogP contribution in [0.25, 0.3) is 11.3 Å². The smallest absolute Gasteiger partial charge is 0.197 e. The molecule has 3 N–H and O–H groups in total. The zero-order valence-electron chi connectivity index (χ0n) is 8.53. The fraction of sp³-hybridized carbons (Fsp3) is 0.100. The molecular formula is C10H10BrN3OS. The van der Waals surface area contributed by atoms with Gasteiger partial charge in [0.2, 0.25) is 0 Å². The molecule has 0 atom stereocenters. The van der Waals surface area contributed by atoms with Gasteiger partial charge < -0.3 is 4.74 Å². The number of rotatable bonds is 3. The van der Waals surface area contributed by atoms with E-state index in [4.69, 9.17) is 10.6 Å². The molecule has 1 aromatic heterocycles. The highest BCUT2D eigenvalue weighted by Crippen LogP contribution is 2.33. The highest BCUT2D eigenvalue weighted by atomic mass is 79.9. The van der Waals surface area contributed by atoms with Crippen molar-refractivity contribution in [2.24, 2.45) is 5.84 Å². The first-order valence-corrected chi connectivity index (χ1v) is 6.18. The summed E-state index contributed by atoms with van der Waals surface area (Å²) in [7, 11) is 1.64. The number of nitrogen functional groups attached to an aromatic ring is 1. The Balaban J connectivity index is 2.49. The first kappa shape index (κ1) is 11.4. The molecule has 16 heavy (non-hydrogen) atoms. The molecular weight excluding hydrogens is 290 g/mol. The molecule has 0 aliphatic rings. The quantitative estimate of drug-likeness (QED) is 0.676. The third kappa shape index (κ3) is 2.18. The zero-order chi connectivity index (χ0) is 11.5. The molecule has 1 heterocycles. The second kappa shape index (κ2) is 4.82. The van der Waals surface area contributed by atoms with Crippen LogP contribution in [0.2, 0.25) is 0 Å². The number of ether oxygens (including phenoxy) is 1. The maximum Gasteiger partial charge on any atom is 0.197 e. The van der Waals surface area contributed by atoms with Gasteiger partial charge in [-0.1, -0.05) is 15.9 Å². The number of aromatic nitrogens is 1. The van der Waals surface area contributed by atoms with Crippen molar-refractivity contribution in [3.05, 3.63) is 28.1 Å². The van der Waals surface area contributed by atoms with Gasteiger partial charge in [0.05, 0.1) is 12.8 Å². The molecule has 0 aliphatic carbocycles. The fourth-order valence-electron chi connectivity index (χ4n) is 1.34. The SMILES string of the molecule is COc1ccc(Br)cc1-c1csc(NN)n1. The summed E-state index contributed by atoms with van der Waals surface area (Å²) in [6, 6.07) is 5.79. The molecule has 0 spiro atoms. The number of hydrogen-bond donors (Lipinski definition) is 2. The van der Waals surface area contributed by atoms with Crippen LogP contribution in [0.5, 0.6) is 5.75 Å². The van der Waals surface area contributed by atoms with Crippen LogP contribution in [0.3, 0.4) is 0 Å². The number of nitrogens with one attached hydrogen (secondary N) is 1. The van der Waals surface area contributed by atoms with Gasteiger partial charge in [-0.05, 0) is 18.2 Å². The van der Waals surface area contributed by atoms with Gasteiger partial charge in [0.15, 0.2) is 5.13 Å². The average Bonchev–Trinajstić information content (AvgIpc) is 2.77. The van der Waals surface area contributed by atoms with Crippen molar-refractivity contribution < 1.29 is 4.74 Å². The molecule has 4 nitrogen and oxygen atoms in total. The van der Waals surface area contributed by atoms with Crippen LogP contribution in [0.1, 0.15) is 0 Å². The molecule has 0 saturated heterocycles. The molecule has 0 aliphatic heterocycles. The third-order valence-corrected chi connectivity index (χ3v) is 3.33. The number of nitrogens with two attached hydrogens (primary N) is 1. The fourth-order valence-corrected chi connectivity index (χ4v) is 2.33. The lowest BCUT2D eigenvalue weighted by molar-refractivity contribution is 0.416. The Morgan fingerprint density at radius 1 is 1.50 bits per heavy atom. The van der Waals surface area contributed by atoms with E-state index in [1.54, 1.807) is 7.11 Å². The van der Waals surface area contributed by atoms with Gasteiger partial charge in [-0.2, -0.15) is 0 Å². The minimum Gasteiger partial charge on any atom is -0.496 e. The zero-order valence-corrected chi connectivity index (χ0v) is 10.9. The lowest BCUT2D eigenvalue weighted by Gasteiger charge is -2.06. The van der Waals surface area contributed by atoms with E-state index in [9.17, 15) is 0 Å². The van der Waals surface area contributed by atoms with Gasteiger partial charge in [0.25, 0.3) is 0 Å². The summed E-state index contributed by atoms with van der Waals surface area (Å²) in [6.45, 7) is 0. The molecule has 2 rings (SSSR count). The van der Waals surface area contributed by atoms with Crippen molar-refractivity contribution in [2.75, 3.05) is 12.5 Å². The van der Waals surface area contributed by atoms with Crippen LogP contribution in [0.15, 0.2) is 28.1 Å². The molecule has 1 aromatic carbocycles. The van der Waals surface area contributed by atoms with Crippen molar-refractivity contribution >= 4 is 32.4 Å². The standard InChI is InChI=1S/C10H10BrN3OS/c1-15-9-3-2-6(11)4-7(9)8-5-16-10(13-8)14-12/h2-5H,12H2,1H3,(H,13,14). The molecule has 2 aromatic rings. The molecule has 84 valence electrons. The first-order valence-electron chi connectivity index (χ1n) is 4.50. The third-order valence-electron chi connectivity index (χ3n) is 2.07. The van der Waals surface area contributed by atoms with Gasteiger partial charge in [0, 0.05) is 15.4 Å². The lowest BCUT2D eigenvalue weighted by atomic mass is 10.1. The number of halogens is 1. The maximum atomic E-state index is 5.30. The molecule has 0 bridgehead atoms. The van der Waals surface area contributed by atoms with Crippen LogP contribution in [-0.4, -0.2) is 12.1 Å². The summed E-state index contributed by atoms with van der Waals surface area (Å²) < 4.78 is 6.27. The van der Waals surface area contributed by atoms with Crippen LogP contribution in [-0.2, 0) is 0 Å². The van der Waals surface area contributed by atoms with Crippen LogP contribution >= 0.6 is 27.3 Å². The number of methoxy groups -OCH3 is 1. The van der Waals surface area contributed by atoms with Crippen molar-refractivity contribution in [2.45, 2.75) is 0 Å². The minimum absolute atomic E-state index is 0.678. The maximum absolute atomic E-state index is 5.30. The minimum atomic E-state index is 0.678. The number of benzene rings is 1. The molecule has 0 amide bonds. The van der Waals surface area contributed by atoms with E-state index in [1.165, 1.54) is 11.3 Å². The number of nitrogens with zero attached hydrogens (tertiary/aromatic N) is 1. The number of hydrazine groups is 1. The van der Waals surface area contributed by atoms with Crippen molar-refractivity contribution in [1.82, 2.24) is 4.98 Å². The summed E-state index contributed by atoms with van der Waals surface area (Å²) in [5.41, 5.74) is 4.31. The van der Waals surface area contributed by atoms with E-state index in [2.05, 4.69) is 26.3 Å². The van der Waals surface area contributed by atoms with Gasteiger partial charge in [-0.15, -0.1) is 11.3 Å². The Kier molecular flexibility index (Phi) is 3.42. The van der Waals surface area contributed by atoms with Crippen molar-refractivity contribution in [1.29, 1.82) is 0 Å². The predicted molar refractivity (Wildman–Crippen MR) is 69.6 cm³/mol. The normalized spacial score (nSPS) is 10.2. The van der Waals surface area contributed by atoms with E-state index < -0.39 is 0 Å². The molecule has 6 heteroatoms. The Morgan fingerprint density at radius 3 is 2.94 bits per heavy atom. The molecule has 0 radical (unpaired) electrons. The summed E-state index contributed by atoms with van der Waals surface area (Å²) in [4.78, 5) is 4.33.